The summed E-state index contributed by atoms with van der Waals surface area (Å²) in [6.45, 7) is 6.98. The lowest BCUT2D eigenvalue weighted by Crippen LogP contribution is -2.33. The minimum atomic E-state index is 0.571. The van der Waals surface area contributed by atoms with E-state index < -0.39 is 0 Å². The van der Waals surface area contributed by atoms with Gasteiger partial charge in [0.15, 0.2) is 0 Å². The summed E-state index contributed by atoms with van der Waals surface area (Å²) in [5, 5.41) is 0. The van der Waals surface area contributed by atoms with Gasteiger partial charge in [-0.2, -0.15) is 0 Å². The fraction of sp³-hybridized carbons (Fsp3) is 0.462. The van der Waals surface area contributed by atoms with E-state index in [-0.39, 0.29) is 0 Å². The van der Waals surface area contributed by atoms with Gasteiger partial charge in [-0.15, -0.1) is 0 Å². The van der Waals surface area contributed by atoms with Gasteiger partial charge in [-0.25, -0.2) is 0 Å². The standard InChI is InChI=1S/C13H20N2S/c1-3-8-15(10-13(14)16)9-12-7-5-4-6-11(12)2/h4-7H,3,8-10H2,1-2H3,(H2,14,16). The Morgan fingerprint density at radius 2 is 2.06 bits per heavy atom. The molecule has 0 amide bonds. The van der Waals surface area contributed by atoms with Crippen molar-refractivity contribution in [3.63, 3.8) is 0 Å². The fourth-order valence-corrected chi connectivity index (χ4v) is 1.96. The van der Waals surface area contributed by atoms with Crippen LogP contribution < -0.4 is 5.73 Å². The predicted molar refractivity (Wildman–Crippen MR) is 73.5 cm³/mol. The van der Waals surface area contributed by atoms with E-state index in [9.17, 15) is 0 Å². The molecule has 0 fully saturated rings. The molecule has 1 rings (SSSR count). The van der Waals surface area contributed by atoms with Crippen LogP contribution in [0.25, 0.3) is 0 Å². The third kappa shape index (κ3) is 4.29. The molecule has 2 N–H and O–H groups in total. The highest BCUT2D eigenvalue weighted by molar-refractivity contribution is 7.80. The molecular formula is C13H20N2S. The zero-order valence-electron chi connectivity index (χ0n) is 10.1. The summed E-state index contributed by atoms with van der Waals surface area (Å²) >= 11 is 4.97. The molecule has 0 heterocycles. The zero-order chi connectivity index (χ0) is 12.0. The highest BCUT2D eigenvalue weighted by Gasteiger charge is 2.07. The Bertz CT molecular complexity index is 350. The first-order valence-electron chi connectivity index (χ1n) is 5.68. The molecule has 1 aromatic carbocycles. The SMILES string of the molecule is CCCN(CC(N)=S)Cc1ccccc1C. The number of rotatable bonds is 6. The Labute approximate surface area is 103 Å². The highest BCUT2D eigenvalue weighted by atomic mass is 32.1. The van der Waals surface area contributed by atoms with Crippen LogP contribution in [0.5, 0.6) is 0 Å². The minimum absolute atomic E-state index is 0.571. The van der Waals surface area contributed by atoms with Gasteiger partial charge in [-0.1, -0.05) is 43.4 Å². The quantitative estimate of drug-likeness (QED) is 0.770. The van der Waals surface area contributed by atoms with E-state index in [1.165, 1.54) is 11.1 Å². The molecule has 0 spiro atoms. The summed E-state index contributed by atoms with van der Waals surface area (Å²) in [5.41, 5.74) is 8.28. The van der Waals surface area contributed by atoms with Crippen LogP contribution >= 0.6 is 12.2 Å². The van der Waals surface area contributed by atoms with Gasteiger partial charge in [0.05, 0.1) is 4.99 Å². The Kier molecular flexibility index (Phi) is 5.43. The van der Waals surface area contributed by atoms with Crippen LogP contribution in [0.2, 0.25) is 0 Å². The van der Waals surface area contributed by atoms with Crippen LogP contribution in [0, 0.1) is 6.92 Å². The van der Waals surface area contributed by atoms with Crippen LogP contribution in [0.4, 0.5) is 0 Å². The Morgan fingerprint density at radius 3 is 2.62 bits per heavy atom. The molecule has 3 heteroatoms. The number of aryl methyl sites for hydroxylation is 1. The lowest BCUT2D eigenvalue weighted by molar-refractivity contribution is 0.304. The first kappa shape index (κ1) is 13.1. The molecule has 0 atom stereocenters. The summed E-state index contributed by atoms with van der Waals surface area (Å²) in [4.78, 5) is 2.87. The van der Waals surface area contributed by atoms with E-state index in [1.807, 2.05) is 0 Å². The summed E-state index contributed by atoms with van der Waals surface area (Å²) in [6.07, 6.45) is 1.12. The number of hydrogen-bond donors (Lipinski definition) is 1. The van der Waals surface area contributed by atoms with E-state index in [0.29, 0.717) is 11.5 Å². The van der Waals surface area contributed by atoms with Gasteiger partial charge >= 0.3 is 0 Å². The number of benzene rings is 1. The molecule has 0 aromatic heterocycles. The Morgan fingerprint density at radius 1 is 1.38 bits per heavy atom. The summed E-state index contributed by atoms with van der Waals surface area (Å²) in [7, 11) is 0. The second-order valence-electron chi connectivity index (χ2n) is 4.10. The molecule has 0 radical (unpaired) electrons. The smallest absolute Gasteiger partial charge is 0.0870 e. The average Bonchev–Trinajstić information content (AvgIpc) is 2.21. The predicted octanol–water partition coefficient (Wildman–Crippen LogP) is 2.49. The normalized spacial score (nSPS) is 10.7. The van der Waals surface area contributed by atoms with E-state index in [4.69, 9.17) is 18.0 Å². The third-order valence-electron chi connectivity index (χ3n) is 2.57. The number of hydrogen-bond acceptors (Lipinski definition) is 2. The molecule has 88 valence electrons. The second-order valence-corrected chi connectivity index (χ2v) is 4.63. The minimum Gasteiger partial charge on any atom is -0.392 e. The van der Waals surface area contributed by atoms with E-state index in [1.54, 1.807) is 0 Å². The van der Waals surface area contributed by atoms with Crippen molar-refractivity contribution in [3.8, 4) is 0 Å². The number of nitrogens with zero attached hydrogens (tertiary/aromatic N) is 1. The van der Waals surface area contributed by atoms with Gasteiger partial charge < -0.3 is 5.73 Å². The molecule has 0 bridgehead atoms. The molecule has 0 unspecified atom stereocenters. The van der Waals surface area contributed by atoms with Crippen LogP contribution in [-0.2, 0) is 6.54 Å². The van der Waals surface area contributed by atoms with Gasteiger partial charge in [0.25, 0.3) is 0 Å². The van der Waals surface area contributed by atoms with Crippen molar-refractivity contribution in [2.75, 3.05) is 13.1 Å². The zero-order valence-corrected chi connectivity index (χ0v) is 10.9. The maximum Gasteiger partial charge on any atom is 0.0870 e. The van der Waals surface area contributed by atoms with Crippen molar-refractivity contribution in [1.82, 2.24) is 4.90 Å². The summed E-state index contributed by atoms with van der Waals surface area (Å²) in [6, 6.07) is 8.45. The Balaban J connectivity index is 2.67. The van der Waals surface area contributed by atoms with Crippen molar-refractivity contribution < 1.29 is 0 Å². The van der Waals surface area contributed by atoms with E-state index >= 15 is 0 Å². The molecule has 16 heavy (non-hydrogen) atoms. The van der Waals surface area contributed by atoms with E-state index in [0.717, 1.165) is 19.5 Å². The molecule has 0 aliphatic carbocycles. The number of nitrogens with two attached hydrogens (primary N) is 1. The first-order valence-corrected chi connectivity index (χ1v) is 6.09. The molecule has 0 saturated carbocycles. The lowest BCUT2D eigenvalue weighted by atomic mass is 10.1. The van der Waals surface area contributed by atoms with Crippen LogP contribution in [0.1, 0.15) is 24.5 Å². The topological polar surface area (TPSA) is 29.3 Å². The molecule has 2 nitrogen and oxygen atoms in total. The van der Waals surface area contributed by atoms with Gasteiger partial charge in [0.1, 0.15) is 0 Å². The third-order valence-corrected chi connectivity index (χ3v) is 2.70. The molecule has 0 aliphatic heterocycles. The van der Waals surface area contributed by atoms with E-state index in [2.05, 4.69) is 43.0 Å². The van der Waals surface area contributed by atoms with Gasteiger partial charge in [0.2, 0.25) is 0 Å². The van der Waals surface area contributed by atoms with Crippen molar-refractivity contribution in [3.05, 3.63) is 35.4 Å². The van der Waals surface area contributed by atoms with Crippen LogP contribution in [0.15, 0.2) is 24.3 Å². The Hall–Kier alpha value is -0.930. The molecule has 0 aliphatic rings. The van der Waals surface area contributed by atoms with Crippen molar-refractivity contribution >= 4 is 17.2 Å². The van der Waals surface area contributed by atoms with Gasteiger partial charge in [-0.05, 0) is 31.0 Å². The maximum atomic E-state index is 5.61. The average molecular weight is 236 g/mol. The molecule has 0 saturated heterocycles. The van der Waals surface area contributed by atoms with Crippen LogP contribution in [-0.4, -0.2) is 23.0 Å². The monoisotopic (exact) mass is 236 g/mol. The van der Waals surface area contributed by atoms with Gasteiger partial charge in [0, 0.05) is 13.1 Å². The maximum absolute atomic E-state index is 5.61. The van der Waals surface area contributed by atoms with Crippen molar-refractivity contribution in [1.29, 1.82) is 0 Å². The number of thiocarbonyl (C=S) groups is 1. The summed E-state index contributed by atoms with van der Waals surface area (Å²) in [5.74, 6) is 0. The highest BCUT2D eigenvalue weighted by Crippen LogP contribution is 2.10. The van der Waals surface area contributed by atoms with Gasteiger partial charge in [-0.3, -0.25) is 4.90 Å². The van der Waals surface area contributed by atoms with Crippen molar-refractivity contribution in [2.24, 2.45) is 5.73 Å². The second kappa shape index (κ2) is 6.61. The fourth-order valence-electron chi connectivity index (χ4n) is 1.78. The van der Waals surface area contributed by atoms with Crippen LogP contribution in [0.3, 0.4) is 0 Å². The molecular weight excluding hydrogens is 216 g/mol. The first-order chi connectivity index (χ1) is 7.63. The largest absolute Gasteiger partial charge is 0.392 e. The summed E-state index contributed by atoms with van der Waals surface area (Å²) < 4.78 is 0. The lowest BCUT2D eigenvalue weighted by Gasteiger charge is -2.21. The van der Waals surface area contributed by atoms with Crippen molar-refractivity contribution in [2.45, 2.75) is 26.8 Å². The molecule has 1 aromatic rings.